The maximum absolute atomic E-state index is 13.0. The molecule has 1 saturated heterocycles. The molecule has 5 heteroatoms. The van der Waals surface area contributed by atoms with Gasteiger partial charge in [0.15, 0.2) is 0 Å². The van der Waals surface area contributed by atoms with Crippen LogP contribution in [0.1, 0.15) is 41.9 Å². The third-order valence-electron chi connectivity index (χ3n) is 4.49. The Morgan fingerprint density at radius 3 is 2.91 bits per heavy atom. The van der Waals surface area contributed by atoms with Crippen molar-refractivity contribution in [1.82, 2.24) is 9.47 Å². The van der Waals surface area contributed by atoms with Crippen LogP contribution in [0.2, 0.25) is 0 Å². The maximum atomic E-state index is 13.0. The Kier molecular flexibility index (Phi) is 4.08. The first-order valence-corrected chi connectivity index (χ1v) is 8.76. The topological polar surface area (TPSA) is 42.3 Å². The van der Waals surface area contributed by atoms with Crippen molar-refractivity contribution in [2.45, 2.75) is 40.2 Å². The molecule has 0 aromatic carbocycles. The molecular formula is C17H22N2O2S. The molecule has 4 nitrogen and oxygen atoms in total. The summed E-state index contributed by atoms with van der Waals surface area (Å²) in [6.07, 6.45) is 4.04. The van der Waals surface area contributed by atoms with E-state index in [-0.39, 0.29) is 11.5 Å². The largest absolute Gasteiger partial charge is 0.338 e. The van der Waals surface area contributed by atoms with Crippen molar-refractivity contribution in [3.63, 3.8) is 0 Å². The summed E-state index contributed by atoms with van der Waals surface area (Å²) in [7, 11) is 0. The SMILES string of the molecule is CCn1ccc2sc(C)c(C(=O)N3CCCC(C)C3)c2c1=O. The minimum atomic E-state index is -0.0437. The molecule has 0 N–H and O–H groups in total. The fraction of sp³-hybridized carbons (Fsp3) is 0.529. The quantitative estimate of drug-likeness (QED) is 0.853. The number of nitrogens with zero attached hydrogens (tertiary/aromatic N) is 2. The molecule has 3 heterocycles. The fourth-order valence-electron chi connectivity index (χ4n) is 3.30. The van der Waals surface area contributed by atoms with Crippen LogP contribution in [0.3, 0.4) is 0 Å². The zero-order valence-electron chi connectivity index (χ0n) is 13.4. The summed E-state index contributed by atoms with van der Waals surface area (Å²) in [6.45, 7) is 8.29. The van der Waals surface area contributed by atoms with E-state index in [1.54, 1.807) is 15.9 Å². The highest BCUT2D eigenvalue weighted by molar-refractivity contribution is 7.19. The van der Waals surface area contributed by atoms with Crippen LogP contribution in [0.4, 0.5) is 0 Å². The van der Waals surface area contributed by atoms with E-state index in [1.165, 1.54) is 6.42 Å². The lowest BCUT2D eigenvalue weighted by atomic mass is 9.99. The smallest absolute Gasteiger partial charge is 0.260 e. The van der Waals surface area contributed by atoms with Gasteiger partial charge >= 0.3 is 0 Å². The van der Waals surface area contributed by atoms with E-state index in [0.29, 0.717) is 23.4 Å². The van der Waals surface area contributed by atoms with Crippen molar-refractivity contribution in [2.75, 3.05) is 13.1 Å². The van der Waals surface area contributed by atoms with E-state index < -0.39 is 0 Å². The number of carbonyl (C=O) groups excluding carboxylic acids is 1. The van der Waals surface area contributed by atoms with Crippen molar-refractivity contribution in [2.24, 2.45) is 5.92 Å². The third kappa shape index (κ3) is 2.47. The minimum Gasteiger partial charge on any atom is -0.338 e. The van der Waals surface area contributed by atoms with E-state index in [4.69, 9.17) is 0 Å². The molecule has 0 saturated carbocycles. The number of pyridine rings is 1. The van der Waals surface area contributed by atoms with Gasteiger partial charge in [-0.25, -0.2) is 0 Å². The van der Waals surface area contributed by atoms with Gasteiger partial charge in [-0.3, -0.25) is 9.59 Å². The molecule has 118 valence electrons. The number of hydrogen-bond donors (Lipinski definition) is 0. The number of aryl methyl sites for hydroxylation is 2. The highest BCUT2D eigenvalue weighted by Crippen LogP contribution is 2.30. The van der Waals surface area contributed by atoms with Crippen molar-refractivity contribution in [1.29, 1.82) is 0 Å². The number of aromatic nitrogens is 1. The highest BCUT2D eigenvalue weighted by Gasteiger charge is 2.27. The summed E-state index contributed by atoms with van der Waals surface area (Å²) in [5.74, 6) is 0.566. The van der Waals surface area contributed by atoms with Gasteiger partial charge in [-0.2, -0.15) is 0 Å². The summed E-state index contributed by atoms with van der Waals surface area (Å²) in [5, 5.41) is 0.607. The Bertz CT molecular complexity index is 775. The van der Waals surface area contributed by atoms with Crippen LogP contribution in [0, 0.1) is 12.8 Å². The second-order valence-electron chi connectivity index (χ2n) is 6.18. The Morgan fingerprint density at radius 2 is 2.23 bits per heavy atom. The molecule has 0 bridgehead atoms. The second-order valence-corrected chi connectivity index (χ2v) is 7.43. The predicted octanol–water partition coefficient (Wildman–Crippen LogP) is 3.26. The Balaban J connectivity index is 2.11. The lowest BCUT2D eigenvalue weighted by molar-refractivity contribution is 0.0685. The summed E-state index contributed by atoms with van der Waals surface area (Å²) in [5.41, 5.74) is 0.583. The van der Waals surface area contributed by atoms with E-state index in [9.17, 15) is 9.59 Å². The van der Waals surface area contributed by atoms with Crippen LogP contribution < -0.4 is 5.56 Å². The molecule has 1 amide bonds. The molecule has 3 rings (SSSR count). The highest BCUT2D eigenvalue weighted by atomic mass is 32.1. The first kappa shape index (κ1) is 15.3. The Labute approximate surface area is 134 Å². The van der Waals surface area contributed by atoms with Gasteiger partial charge in [-0.1, -0.05) is 6.92 Å². The zero-order chi connectivity index (χ0) is 15.9. The number of piperidine rings is 1. The van der Waals surface area contributed by atoms with Crippen molar-refractivity contribution in [3.8, 4) is 0 Å². The van der Waals surface area contributed by atoms with Crippen LogP contribution in [0.15, 0.2) is 17.1 Å². The molecule has 0 aliphatic carbocycles. The fourth-order valence-corrected chi connectivity index (χ4v) is 4.35. The average Bonchev–Trinajstić information content (AvgIpc) is 2.84. The van der Waals surface area contributed by atoms with Gasteiger partial charge in [0.25, 0.3) is 11.5 Å². The Morgan fingerprint density at radius 1 is 1.45 bits per heavy atom. The van der Waals surface area contributed by atoms with Gasteiger partial charge in [-0.05, 0) is 38.7 Å². The van der Waals surface area contributed by atoms with Crippen molar-refractivity contribution in [3.05, 3.63) is 33.1 Å². The number of likely N-dealkylation sites (tertiary alicyclic amines) is 1. The van der Waals surface area contributed by atoms with Crippen molar-refractivity contribution >= 4 is 27.3 Å². The molecule has 1 fully saturated rings. The number of thiophene rings is 1. The van der Waals surface area contributed by atoms with Gasteiger partial charge in [-0.15, -0.1) is 11.3 Å². The van der Waals surface area contributed by atoms with Crippen molar-refractivity contribution < 1.29 is 4.79 Å². The van der Waals surface area contributed by atoms with E-state index in [0.717, 1.165) is 29.1 Å². The number of carbonyl (C=O) groups is 1. The van der Waals surface area contributed by atoms with Crippen LogP contribution >= 0.6 is 11.3 Å². The van der Waals surface area contributed by atoms with E-state index in [1.807, 2.05) is 31.0 Å². The normalized spacial score (nSPS) is 18.9. The van der Waals surface area contributed by atoms with Gasteiger partial charge in [0, 0.05) is 35.4 Å². The summed E-state index contributed by atoms with van der Waals surface area (Å²) < 4.78 is 2.59. The molecule has 2 aromatic rings. The molecule has 0 spiro atoms. The number of rotatable bonds is 2. The molecule has 1 atom stereocenters. The van der Waals surface area contributed by atoms with Crippen LogP contribution in [0.5, 0.6) is 0 Å². The van der Waals surface area contributed by atoms with Crippen LogP contribution in [-0.4, -0.2) is 28.5 Å². The molecule has 1 unspecified atom stereocenters. The van der Waals surface area contributed by atoms with E-state index >= 15 is 0 Å². The van der Waals surface area contributed by atoms with Gasteiger partial charge in [0.1, 0.15) is 0 Å². The van der Waals surface area contributed by atoms with Gasteiger partial charge in [0.05, 0.1) is 10.9 Å². The Hall–Kier alpha value is -1.62. The number of amides is 1. The summed E-state index contributed by atoms with van der Waals surface area (Å²) >= 11 is 1.54. The molecule has 22 heavy (non-hydrogen) atoms. The molecule has 2 aromatic heterocycles. The average molecular weight is 318 g/mol. The first-order chi connectivity index (χ1) is 10.5. The third-order valence-corrected chi connectivity index (χ3v) is 5.56. The predicted molar refractivity (Wildman–Crippen MR) is 90.8 cm³/mol. The van der Waals surface area contributed by atoms with Crippen LogP contribution in [0.25, 0.3) is 10.1 Å². The number of hydrogen-bond acceptors (Lipinski definition) is 3. The molecule has 0 radical (unpaired) electrons. The summed E-state index contributed by atoms with van der Waals surface area (Å²) in [6, 6.07) is 1.95. The standard InChI is InChI=1S/C17H22N2O2S/c1-4-18-9-7-13-15(17(18)21)14(12(3)22-13)16(20)19-8-5-6-11(2)10-19/h7,9,11H,4-6,8,10H2,1-3H3. The zero-order valence-corrected chi connectivity index (χ0v) is 14.2. The van der Waals surface area contributed by atoms with E-state index in [2.05, 4.69) is 6.92 Å². The lowest BCUT2D eigenvalue weighted by Gasteiger charge is -2.31. The van der Waals surface area contributed by atoms with Gasteiger partial charge < -0.3 is 9.47 Å². The molecule has 1 aliphatic rings. The second kappa shape index (κ2) is 5.88. The number of fused-ring (bicyclic) bond motifs is 1. The molecule has 1 aliphatic heterocycles. The van der Waals surface area contributed by atoms with Crippen LogP contribution in [-0.2, 0) is 6.54 Å². The maximum Gasteiger partial charge on any atom is 0.260 e. The molecular weight excluding hydrogens is 296 g/mol. The summed E-state index contributed by atoms with van der Waals surface area (Å²) in [4.78, 5) is 28.5. The van der Waals surface area contributed by atoms with Gasteiger partial charge in [0.2, 0.25) is 0 Å². The monoisotopic (exact) mass is 318 g/mol. The lowest BCUT2D eigenvalue weighted by Crippen LogP contribution is -2.39. The minimum absolute atomic E-state index is 0.0289. The first-order valence-electron chi connectivity index (χ1n) is 7.94.